The van der Waals surface area contributed by atoms with Gasteiger partial charge in [-0.15, -0.1) is 0 Å². The third-order valence-corrected chi connectivity index (χ3v) is 5.50. The van der Waals surface area contributed by atoms with Crippen molar-refractivity contribution >= 4 is 22.6 Å². The van der Waals surface area contributed by atoms with Crippen molar-refractivity contribution in [1.29, 1.82) is 0 Å². The van der Waals surface area contributed by atoms with Crippen LogP contribution in [-0.4, -0.2) is 29.8 Å². The molecule has 4 nitrogen and oxygen atoms in total. The maximum atomic E-state index is 13.2. The van der Waals surface area contributed by atoms with Gasteiger partial charge in [0.1, 0.15) is 6.04 Å². The van der Waals surface area contributed by atoms with Gasteiger partial charge in [-0.1, -0.05) is 66.7 Å². The molecule has 150 valence electrons. The number of likely N-dealkylation sites (N-methyl/N-ethyl adjacent to an activating group) is 1. The first-order valence-corrected chi connectivity index (χ1v) is 10.0. The number of nitrogens with one attached hydrogen (secondary N) is 1. The van der Waals surface area contributed by atoms with Crippen molar-refractivity contribution in [3.05, 3.63) is 83.4 Å². The Bertz CT molecular complexity index is 1010. The van der Waals surface area contributed by atoms with E-state index in [2.05, 4.69) is 29.6 Å². The van der Waals surface area contributed by atoms with Gasteiger partial charge in [-0.05, 0) is 47.7 Å². The number of fused-ring (bicyclic) bond motifs is 1. The number of nitrogens with zero attached hydrogens (tertiary/aromatic N) is 1. The molecule has 0 aliphatic carbocycles. The predicted molar refractivity (Wildman–Crippen MR) is 118 cm³/mol. The van der Waals surface area contributed by atoms with Gasteiger partial charge in [0, 0.05) is 20.0 Å². The Kier molecular flexibility index (Phi) is 6.65. The second kappa shape index (κ2) is 9.37. The molecule has 0 saturated carbocycles. The average Bonchev–Trinajstić information content (AvgIpc) is 2.75. The summed E-state index contributed by atoms with van der Waals surface area (Å²) in [5.41, 5.74) is 3.32. The van der Waals surface area contributed by atoms with E-state index >= 15 is 0 Å². The molecule has 1 unspecified atom stereocenters. The first-order valence-electron chi connectivity index (χ1n) is 10.0. The zero-order chi connectivity index (χ0) is 20.8. The summed E-state index contributed by atoms with van der Waals surface area (Å²) in [5.74, 6) is -0.172. The van der Waals surface area contributed by atoms with Crippen LogP contribution in [0.15, 0.2) is 66.7 Å². The molecule has 3 aromatic rings. The minimum absolute atomic E-state index is 0.0164. The van der Waals surface area contributed by atoms with Gasteiger partial charge in [0.2, 0.25) is 11.8 Å². The topological polar surface area (TPSA) is 49.4 Å². The molecule has 0 radical (unpaired) electrons. The monoisotopic (exact) mass is 388 g/mol. The van der Waals surface area contributed by atoms with Gasteiger partial charge in [0.25, 0.3) is 0 Å². The molecule has 0 aliphatic rings. The Balaban J connectivity index is 1.80. The average molecular weight is 389 g/mol. The third kappa shape index (κ3) is 4.83. The molecule has 29 heavy (non-hydrogen) atoms. The Morgan fingerprint density at radius 3 is 2.34 bits per heavy atom. The van der Waals surface area contributed by atoms with Gasteiger partial charge in [-0.25, -0.2) is 0 Å². The van der Waals surface area contributed by atoms with E-state index in [9.17, 15) is 9.59 Å². The number of hydrogen-bond donors (Lipinski definition) is 1. The van der Waals surface area contributed by atoms with E-state index in [-0.39, 0.29) is 11.8 Å². The highest BCUT2D eigenvalue weighted by molar-refractivity contribution is 5.88. The molecule has 0 heterocycles. The van der Waals surface area contributed by atoms with E-state index in [0.717, 1.165) is 16.7 Å². The molecule has 1 atom stereocenters. The second-order valence-electron chi connectivity index (χ2n) is 7.38. The van der Waals surface area contributed by atoms with Crippen LogP contribution in [0, 0.1) is 6.92 Å². The zero-order valence-electron chi connectivity index (χ0n) is 17.3. The van der Waals surface area contributed by atoms with Crippen molar-refractivity contribution in [3.8, 4) is 0 Å². The van der Waals surface area contributed by atoms with E-state index in [1.54, 1.807) is 18.9 Å². The van der Waals surface area contributed by atoms with Gasteiger partial charge in [-0.3, -0.25) is 9.59 Å². The van der Waals surface area contributed by atoms with Crippen LogP contribution in [0.5, 0.6) is 0 Å². The minimum Gasteiger partial charge on any atom is -0.357 e. The second-order valence-corrected chi connectivity index (χ2v) is 7.38. The number of benzene rings is 3. The van der Waals surface area contributed by atoms with Crippen molar-refractivity contribution in [2.24, 2.45) is 0 Å². The summed E-state index contributed by atoms with van der Waals surface area (Å²) in [6.07, 6.45) is 1.01. The molecule has 0 aromatic heterocycles. The van der Waals surface area contributed by atoms with Crippen LogP contribution in [-0.2, 0) is 22.6 Å². The van der Waals surface area contributed by atoms with Crippen LogP contribution in [0.1, 0.15) is 30.0 Å². The van der Waals surface area contributed by atoms with Crippen LogP contribution >= 0.6 is 0 Å². The fraction of sp³-hybridized carbons (Fsp3) is 0.280. The first-order chi connectivity index (χ1) is 14.0. The van der Waals surface area contributed by atoms with Gasteiger partial charge in [-0.2, -0.15) is 0 Å². The molecule has 0 saturated heterocycles. The Morgan fingerprint density at radius 2 is 1.59 bits per heavy atom. The highest BCUT2D eigenvalue weighted by Gasteiger charge is 2.25. The van der Waals surface area contributed by atoms with Crippen molar-refractivity contribution < 1.29 is 9.59 Å². The summed E-state index contributed by atoms with van der Waals surface area (Å²) in [7, 11) is 1.60. The van der Waals surface area contributed by atoms with Gasteiger partial charge in [0.15, 0.2) is 0 Å². The summed E-state index contributed by atoms with van der Waals surface area (Å²) >= 11 is 0. The summed E-state index contributed by atoms with van der Waals surface area (Å²) < 4.78 is 0. The van der Waals surface area contributed by atoms with Crippen molar-refractivity contribution in [3.63, 3.8) is 0 Å². The molecular weight excluding hydrogens is 360 g/mol. The fourth-order valence-electron chi connectivity index (χ4n) is 3.66. The van der Waals surface area contributed by atoms with Gasteiger partial charge in [0.05, 0.1) is 0 Å². The fourth-order valence-corrected chi connectivity index (χ4v) is 3.66. The first kappa shape index (κ1) is 20.6. The SMILES string of the molecule is CNC(=O)C(C)N(Cc1ccccc1C)C(=O)CCc1cccc2ccccc12. The highest BCUT2D eigenvalue weighted by Crippen LogP contribution is 2.21. The van der Waals surface area contributed by atoms with Crippen LogP contribution in [0.2, 0.25) is 0 Å². The lowest BCUT2D eigenvalue weighted by molar-refractivity contribution is -0.140. The van der Waals surface area contributed by atoms with E-state index in [0.29, 0.717) is 19.4 Å². The summed E-state index contributed by atoms with van der Waals surface area (Å²) in [5, 5.41) is 5.01. The van der Waals surface area contributed by atoms with Crippen molar-refractivity contribution in [2.45, 2.75) is 39.3 Å². The summed E-state index contributed by atoms with van der Waals surface area (Å²) in [4.78, 5) is 27.1. The molecule has 0 aliphatic heterocycles. The molecular formula is C25H28N2O2. The summed E-state index contributed by atoms with van der Waals surface area (Å²) in [6.45, 7) is 4.24. The van der Waals surface area contributed by atoms with E-state index in [4.69, 9.17) is 0 Å². The number of amides is 2. The number of aryl methyl sites for hydroxylation is 2. The molecule has 1 N–H and O–H groups in total. The maximum absolute atomic E-state index is 13.2. The van der Waals surface area contributed by atoms with E-state index < -0.39 is 6.04 Å². The van der Waals surface area contributed by atoms with E-state index in [1.165, 1.54) is 10.8 Å². The lowest BCUT2D eigenvalue weighted by Crippen LogP contribution is -2.46. The van der Waals surface area contributed by atoms with Crippen molar-refractivity contribution in [2.75, 3.05) is 7.05 Å². The molecule has 0 spiro atoms. The number of hydrogen-bond acceptors (Lipinski definition) is 2. The zero-order valence-corrected chi connectivity index (χ0v) is 17.3. The smallest absolute Gasteiger partial charge is 0.242 e. The number of carbonyl (C=O) groups is 2. The molecule has 4 heteroatoms. The van der Waals surface area contributed by atoms with Gasteiger partial charge >= 0.3 is 0 Å². The summed E-state index contributed by atoms with van der Waals surface area (Å²) in [6, 6.07) is 21.8. The lowest BCUT2D eigenvalue weighted by Gasteiger charge is -2.29. The normalized spacial score (nSPS) is 11.8. The van der Waals surface area contributed by atoms with Crippen LogP contribution in [0.3, 0.4) is 0 Å². The van der Waals surface area contributed by atoms with Gasteiger partial charge < -0.3 is 10.2 Å². The Morgan fingerprint density at radius 1 is 0.931 bits per heavy atom. The van der Waals surface area contributed by atoms with Crippen LogP contribution in [0.4, 0.5) is 0 Å². The van der Waals surface area contributed by atoms with Crippen LogP contribution in [0.25, 0.3) is 10.8 Å². The third-order valence-electron chi connectivity index (χ3n) is 5.50. The lowest BCUT2D eigenvalue weighted by atomic mass is 10.00. The maximum Gasteiger partial charge on any atom is 0.242 e. The van der Waals surface area contributed by atoms with Crippen molar-refractivity contribution in [1.82, 2.24) is 10.2 Å². The molecule has 0 fully saturated rings. The quantitative estimate of drug-likeness (QED) is 0.658. The molecule has 0 bridgehead atoms. The Labute approximate surface area is 172 Å². The molecule has 2 amide bonds. The standard InChI is InChI=1S/C25H28N2O2/c1-18-9-4-5-11-22(18)17-27(19(2)25(29)26-3)24(28)16-15-21-13-8-12-20-10-6-7-14-23(20)21/h4-14,19H,15-17H2,1-3H3,(H,26,29). The largest absolute Gasteiger partial charge is 0.357 e. The number of rotatable bonds is 7. The number of carbonyl (C=O) groups excluding carboxylic acids is 2. The predicted octanol–water partition coefficient (Wildman–Crippen LogP) is 4.24. The minimum atomic E-state index is -0.528. The molecule has 3 aromatic carbocycles. The Hall–Kier alpha value is -3.14. The highest BCUT2D eigenvalue weighted by atomic mass is 16.2. The molecule has 3 rings (SSSR count). The van der Waals surface area contributed by atoms with Crippen LogP contribution < -0.4 is 5.32 Å². The van der Waals surface area contributed by atoms with E-state index in [1.807, 2.05) is 49.4 Å².